The van der Waals surface area contributed by atoms with Crippen LogP contribution in [0.3, 0.4) is 0 Å². The third kappa shape index (κ3) is 3.99. The Morgan fingerprint density at radius 1 is 1.39 bits per heavy atom. The van der Waals surface area contributed by atoms with Gasteiger partial charge in [-0.1, -0.05) is 0 Å². The SMILES string of the molecule is COCCNC(=O)C(C)NC(=O)[C@@H]1C[C@@H]1C(=O)O. The van der Waals surface area contributed by atoms with Crippen molar-refractivity contribution in [3.8, 4) is 0 Å². The molecule has 7 heteroatoms. The van der Waals surface area contributed by atoms with Gasteiger partial charge in [-0.05, 0) is 13.3 Å². The first kappa shape index (κ1) is 14.4. The molecular weight excluding hydrogens is 240 g/mol. The number of methoxy groups -OCH3 is 1. The second kappa shape index (κ2) is 6.34. The predicted octanol–water partition coefficient (Wildman–Crippen LogP) is -1.03. The van der Waals surface area contributed by atoms with Crippen LogP contribution >= 0.6 is 0 Å². The maximum atomic E-state index is 11.6. The molecule has 1 rings (SSSR count). The van der Waals surface area contributed by atoms with Crippen molar-refractivity contribution < 1.29 is 24.2 Å². The molecule has 0 bridgehead atoms. The first-order chi connectivity index (χ1) is 8.47. The molecule has 1 saturated carbocycles. The zero-order chi connectivity index (χ0) is 13.7. The number of carboxylic acids is 1. The van der Waals surface area contributed by atoms with Crippen LogP contribution in [-0.2, 0) is 19.1 Å². The molecule has 1 aliphatic rings. The molecule has 18 heavy (non-hydrogen) atoms. The van der Waals surface area contributed by atoms with Gasteiger partial charge in [-0.2, -0.15) is 0 Å². The molecule has 0 heterocycles. The molecule has 0 aliphatic heterocycles. The highest BCUT2D eigenvalue weighted by atomic mass is 16.5. The van der Waals surface area contributed by atoms with E-state index in [2.05, 4.69) is 10.6 Å². The maximum Gasteiger partial charge on any atom is 0.307 e. The minimum atomic E-state index is -0.965. The summed E-state index contributed by atoms with van der Waals surface area (Å²) in [6, 6.07) is -0.676. The zero-order valence-corrected chi connectivity index (χ0v) is 10.4. The summed E-state index contributed by atoms with van der Waals surface area (Å²) in [5.74, 6) is -2.76. The summed E-state index contributed by atoms with van der Waals surface area (Å²) >= 11 is 0. The highest BCUT2D eigenvalue weighted by molar-refractivity contribution is 5.92. The Kier molecular flexibility index (Phi) is 5.08. The number of amides is 2. The number of nitrogens with one attached hydrogen (secondary N) is 2. The van der Waals surface area contributed by atoms with Crippen LogP contribution in [0.5, 0.6) is 0 Å². The van der Waals surface area contributed by atoms with E-state index in [4.69, 9.17) is 9.84 Å². The number of carbonyl (C=O) groups is 3. The van der Waals surface area contributed by atoms with Gasteiger partial charge in [-0.15, -0.1) is 0 Å². The summed E-state index contributed by atoms with van der Waals surface area (Å²) in [5, 5.41) is 13.8. The molecule has 7 nitrogen and oxygen atoms in total. The summed E-state index contributed by atoms with van der Waals surface area (Å²) < 4.78 is 4.77. The van der Waals surface area contributed by atoms with E-state index in [-0.39, 0.29) is 11.8 Å². The van der Waals surface area contributed by atoms with Crippen LogP contribution in [0.1, 0.15) is 13.3 Å². The Morgan fingerprint density at radius 3 is 2.56 bits per heavy atom. The van der Waals surface area contributed by atoms with Crippen LogP contribution in [0.4, 0.5) is 0 Å². The fourth-order valence-electron chi connectivity index (χ4n) is 1.57. The first-order valence-electron chi connectivity index (χ1n) is 5.77. The lowest BCUT2D eigenvalue weighted by Crippen LogP contribution is -2.46. The van der Waals surface area contributed by atoms with E-state index in [0.717, 1.165) is 0 Å². The van der Waals surface area contributed by atoms with E-state index in [1.807, 2.05) is 0 Å². The Morgan fingerprint density at radius 2 is 2.06 bits per heavy atom. The van der Waals surface area contributed by atoms with Crippen LogP contribution < -0.4 is 10.6 Å². The van der Waals surface area contributed by atoms with E-state index in [9.17, 15) is 14.4 Å². The van der Waals surface area contributed by atoms with Gasteiger partial charge < -0.3 is 20.5 Å². The average molecular weight is 258 g/mol. The summed E-state index contributed by atoms with van der Waals surface area (Å²) in [7, 11) is 1.52. The second-order valence-electron chi connectivity index (χ2n) is 4.30. The van der Waals surface area contributed by atoms with Gasteiger partial charge in [0, 0.05) is 13.7 Å². The van der Waals surface area contributed by atoms with E-state index in [0.29, 0.717) is 19.6 Å². The minimum absolute atomic E-state index is 0.312. The van der Waals surface area contributed by atoms with Gasteiger partial charge >= 0.3 is 5.97 Å². The van der Waals surface area contributed by atoms with Crippen molar-refractivity contribution in [1.82, 2.24) is 10.6 Å². The number of hydrogen-bond acceptors (Lipinski definition) is 4. The molecule has 0 aromatic heterocycles. The number of hydrogen-bond donors (Lipinski definition) is 3. The molecule has 1 fully saturated rings. The van der Waals surface area contributed by atoms with Gasteiger partial charge in [0.2, 0.25) is 11.8 Å². The smallest absolute Gasteiger partial charge is 0.307 e. The van der Waals surface area contributed by atoms with Crippen LogP contribution in [0.15, 0.2) is 0 Å². The monoisotopic (exact) mass is 258 g/mol. The molecule has 3 atom stereocenters. The number of carbonyl (C=O) groups excluding carboxylic acids is 2. The Bertz CT molecular complexity index is 344. The second-order valence-corrected chi connectivity index (χ2v) is 4.30. The van der Waals surface area contributed by atoms with Crippen LogP contribution in [-0.4, -0.2) is 49.2 Å². The normalized spacial score (nSPS) is 23.0. The van der Waals surface area contributed by atoms with Crippen LogP contribution in [0.25, 0.3) is 0 Å². The average Bonchev–Trinajstić information content (AvgIpc) is 3.09. The highest BCUT2D eigenvalue weighted by Crippen LogP contribution is 2.38. The number of ether oxygens (including phenoxy) is 1. The largest absolute Gasteiger partial charge is 0.481 e. The first-order valence-corrected chi connectivity index (χ1v) is 5.77. The Labute approximate surface area is 105 Å². The fourth-order valence-corrected chi connectivity index (χ4v) is 1.57. The van der Waals surface area contributed by atoms with E-state index >= 15 is 0 Å². The van der Waals surface area contributed by atoms with Gasteiger partial charge in [0.1, 0.15) is 6.04 Å². The maximum absolute atomic E-state index is 11.6. The molecule has 0 aromatic carbocycles. The van der Waals surface area contributed by atoms with Gasteiger partial charge in [0.05, 0.1) is 18.4 Å². The van der Waals surface area contributed by atoms with E-state index in [1.165, 1.54) is 7.11 Å². The van der Waals surface area contributed by atoms with Crippen molar-refractivity contribution in [1.29, 1.82) is 0 Å². The number of aliphatic carboxylic acids is 1. The van der Waals surface area contributed by atoms with Gasteiger partial charge in [0.25, 0.3) is 0 Å². The van der Waals surface area contributed by atoms with Crippen molar-refractivity contribution >= 4 is 17.8 Å². The molecule has 1 aliphatic carbocycles. The summed E-state index contributed by atoms with van der Waals surface area (Å²) in [6.45, 7) is 2.32. The number of rotatable bonds is 7. The molecular formula is C11H18N2O5. The highest BCUT2D eigenvalue weighted by Gasteiger charge is 2.48. The standard InChI is InChI=1S/C11H18N2O5/c1-6(9(14)12-3-4-18-2)13-10(15)7-5-8(7)11(16)17/h6-8H,3-5H2,1-2H3,(H,12,14)(H,13,15)(H,16,17)/t6?,7-,8+/m1/s1. The van der Waals surface area contributed by atoms with Gasteiger partial charge in [-0.3, -0.25) is 14.4 Å². The van der Waals surface area contributed by atoms with E-state index < -0.39 is 23.8 Å². The quantitative estimate of drug-likeness (QED) is 0.507. The molecule has 102 valence electrons. The lowest BCUT2D eigenvalue weighted by molar-refractivity contribution is -0.140. The van der Waals surface area contributed by atoms with Crippen molar-refractivity contribution in [2.24, 2.45) is 11.8 Å². The Hall–Kier alpha value is -1.63. The van der Waals surface area contributed by atoms with Crippen molar-refractivity contribution in [3.05, 3.63) is 0 Å². The lowest BCUT2D eigenvalue weighted by atomic mass is 10.2. The summed E-state index contributed by atoms with van der Waals surface area (Å²) in [4.78, 5) is 33.7. The summed E-state index contributed by atoms with van der Waals surface area (Å²) in [6.07, 6.45) is 0.346. The van der Waals surface area contributed by atoms with Gasteiger partial charge in [0.15, 0.2) is 0 Å². The van der Waals surface area contributed by atoms with Gasteiger partial charge in [-0.25, -0.2) is 0 Å². The van der Waals surface area contributed by atoms with E-state index in [1.54, 1.807) is 6.92 Å². The molecule has 2 amide bonds. The van der Waals surface area contributed by atoms with Crippen LogP contribution in [0.2, 0.25) is 0 Å². The number of carboxylic acid groups (broad SMARTS) is 1. The van der Waals surface area contributed by atoms with Crippen molar-refractivity contribution in [2.75, 3.05) is 20.3 Å². The predicted molar refractivity (Wildman–Crippen MR) is 61.7 cm³/mol. The van der Waals surface area contributed by atoms with Crippen molar-refractivity contribution in [3.63, 3.8) is 0 Å². The molecule has 0 aromatic rings. The molecule has 1 unspecified atom stereocenters. The third-order valence-corrected chi connectivity index (χ3v) is 2.80. The minimum Gasteiger partial charge on any atom is -0.481 e. The molecule has 3 N–H and O–H groups in total. The zero-order valence-electron chi connectivity index (χ0n) is 10.4. The third-order valence-electron chi connectivity index (χ3n) is 2.80. The van der Waals surface area contributed by atoms with Crippen molar-refractivity contribution in [2.45, 2.75) is 19.4 Å². The summed E-state index contributed by atoms with van der Waals surface area (Å²) in [5.41, 5.74) is 0. The fraction of sp³-hybridized carbons (Fsp3) is 0.727. The molecule has 0 saturated heterocycles. The lowest BCUT2D eigenvalue weighted by Gasteiger charge is -2.13. The molecule has 0 spiro atoms. The molecule has 0 radical (unpaired) electrons. The van der Waals surface area contributed by atoms with Crippen LogP contribution in [0, 0.1) is 11.8 Å². The Balaban J connectivity index is 2.27. The topological polar surface area (TPSA) is 105 Å².